The number of carbonyl (C=O) groups excluding carboxylic acids is 2. The number of nitrogens with one attached hydrogen (secondary N) is 3. The number of aromatic nitrogens is 1. The van der Waals surface area contributed by atoms with E-state index in [1.807, 2.05) is 12.1 Å². The van der Waals surface area contributed by atoms with Crippen molar-refractivity contribution in [1.29, 1.82) is 0 Å². The van der Waals surface area contributed by atoms with Gasteiger partial charge in [-0.25, -0.2) is 5.43 Å². The van der Waals surface area contributed by atoms with Crippen LogP contribution in [0.1, 0.15) is 12.1 Å². The second-order valence-corrected chi connectivity index (χ2v) is 5.35. The van der Waals surface area contributed by atoms with E-state index in [1.165, 1.54) is 0 Å². The Hall–Kier alpha value is -2.86. The van der Waals surface area contributed by atoms with Gasteiger partial charge >= 0.3 is 0 Å². The van der Waals surface area contributed by atoms with Crippen LogP contribution in [0, 0.1) is 0 Å². The van der Waals surface area contributed by atoms with Crippen LogP contribution in [0.15, 0.2) is 53.3 Å². The van der Waals surface area contributed by atoms with E-state index in [4.69, 9.17) is 11.6 Å². The predicted molar refractivity (Wildman–Crippen MR) is 89.0 cm³/mol. The van der Waals surface area contributed by atoms with Crippen molar-refractivity contribution in [3.63, 3.8) is 0 Å². The maximum atomic E-state index is 12.1. The van der Waals surface area contributed by atoms with Gasteiger partial charge in [0.05, 0.1) is 17.7 Å². The summed E-state index contributed by atoms with van der Waals surface area (Å²) >= 11 is 5.80. The number of nitrogens with zero attached hydrogens (tertiary/aromatic N) is 1. The molecular formula is C16H13ClN4O2. The fraction of sp³-hybridized carbons (Fsp3) is 0.0625. The van der Waals surface area contributed by atoms with Gasteiger partial charge in [0.2, 0.25) is 5.91 Å². The molecule has 0 saturated heterocycles. The van der Waals surface area contributed by atoms with Gasteiger partial charge in [0.15, 0.2) is 0 Å². The minimum absolute atomic E-state index is 0.00604. The minimum Gasteiger partial charge on any atom is -0.362 e. The quantitative estimate of drug-likeness (QED) is 0.753. The number of amides is 2. The number of anilines is 1. The van der Waals surface area contributed by atoms with Crippen molar-refractivity contribution in [2.75, 3.05) is 5.32 Å². The molecule has 6 nitrogen and oxygen atoms in total. The fourth-order valence-electron chi connectivity index (χ4n) is 2.13. The third-order valence-corrected chi connectivity index (χ3v) is 3.48. The highest BCUT2D eigenvalue weighted by molar-refractivity contribution is 6.31. The van der Waals surface area contributed by atoms with Crippen molar-refractivity contribution in [1.82, 2.24) is 10.4 Å². The molecule has 2 heterocycles. The number of hydrogen-bond acceptors (Lipinski definition) is 3. The maximum Gasteiger partial charge on any atom is 0.273 e. The summed E-state index contributed by atoms with van der Waals surface area (Å²) in [4.78, 5) is 26.9. The summed E-state index contributed by atoms with van der Waals surface area (Å²) in [5.74, 6) is -0.589. The number of aromatic amines is 1. The van der Waals surface area contributed by atoms with Crippen LogP contribution in [-0.2, 0) is 9.59 Å². The van der Waals surface area contributed by atoms with Crippen molar-refractivity contribution >= 4 is 40.9 Å². The minimum atomic E-state index is -0.325. The fourth-order valence-corrected chi connectivity index (χ4v) is 2.26. The van der Waals surface area contributed by atoms with E-state index < -0.39 is 0 Å². The van der Waals surface area contributed by atoms with E-state index in [2.05, 4.69) is 20.8 Å². The predicted octanol–water partition coefficient (Wildman–Crippen LogP) is 2.57. The Labute approximate surface area is 137 Å². The number of benzene rings is 1. The molecule has 2 aromatic rings. The van der Waals surface area contributed by atoms with Gasteiger partial charge in [0.1, 0.15) is 0 Å². The Morgan fingerprint density at radius 1 is 1.26 bits per heavy atom. The molecule has 1 aromatic carbocycles. The number of hydrogen-bond donors (Lipinski definition) is 3. The first-order valence-electron chi connectivity index (χ1n) is 6.89. The topological polar surface area (TPSA) is 86.3 Å². The average molecular weight is 329 g/mol. The molecule has 23 heavy (non-hydrogen) atoms. The summed E-state index contributed by atoms with van der Waals surface area (Å²) in [6.07, 6.45) is 3.41. The molecule has 0 bridgehead atoms. The zero-order valence-electron chi connectivity index (χ0n) is 12.0. The Balaban J connectivity index is 1.70. The molecule has 0 radical (unpaired) electrons. The number of halogens is 1. The van der Waals surface area contributed by atoms with Crippen LogP contribution in [0.3, 0.4) is 0 Å². The maximum absolute atomic E-state index is 12.1. The molecule has 7 heteroatoms. The van der Waals surface area contributed by atoms with Crippen LogP contribution in [0.2, 0.25) is 5.02 Å². The van der Waals surface area contributed by atoms with Crippen molar-refractivity contribution in [2.24, 2.45) is 5.10 Å². The molecule has 3 N–H and O–H groups in total. The van der Waals surface area contributed by atoms with E-state index in [1.54, 1.807) is 36.5 Å². The molecule has 0 spiro atoms. The number of carbonyl (C=O) groups is 2. The van der Waals surface area contributed by atoms with Crippen LogP contribution in [0.5, 0.6) is 0 Å². The molecule has 3 rings (SSSR count). The summed E-state index contributed by atoms with van der Waals surface area (Å²) < 4.78 is 0. The number of H-pyrrole nitrogens is 1. The van der Waals surface area contributed by atoms with Gasteiger partial charge in [0, 0.05) is 22.6 Å². The summed E-state index contributed by atoms with van der Waals surface area (Å²) in [7, 11) is 0. The van der Waals surface area contributed by atoms with Crippen molar-refractivity contribution in [3.8, 4) is 0 Å². The van der Waals surface area contributed by atoms with Crippen LogP contribution >= 0.6 is 11.6 Å². The first-order chi connectivity index (χ1) is 11.1. The third kappa shape index (κ3) is 3.67. The van der Waals surface area contributed by atoms with E-state index in [9.17, 15) is 9.59 Å². The summed E-state index contributed by atoms with van der Waals surface area (Å²) in [5.41, 5.74) is 4.55. The first kappa shape index (κ1) is 15.1. The van der Waals surface area contributed by atoms with Crippen LogP contribution in [0.4, 0.5) is 5.69 Å². The van der Waals surface area contributed by atoms with E-state index >= 15 is 0 Å². The van der Waals surface area contributed by atoms with Gasteiger partial charge in [-0.15, -0.1) is 0 Å². The smallest absolute Gasteiger partial charge is 0.273 e. The Kier molecular flexibility index (Phi) is 4.25. The van der Waals surface area contributed by atoms with Gasteiger partial charge in [-0.2, -0.15) is 5.10 Å². The van der Waals surface area contributed by atoms with Crippen molar-refractivity contribution < 1.29 is 9.59 Å². The molecule has 0 unspecified atom stereocenters. The highest BCUT2D eigenvalue weighted by Crippen LogP contribution is 2.16. The molecule has 1 aliphatic heterocycles. The van der Waals surface area contributed by atoms with Gasteiger partial charge in [-0.05, 0) is 42.5 Å². The molecule has 116 valence electrons. The molecule has 0 atom stereocenters. The SMILES string of the molecule is O=C(CC1=NNC(=O)C1=Cc1ccc[nH]1)Nc1ccc(Cl)cc1. The summed E-state index contributed by atoms with van der Waals surface area (Å²) in [6, 6.07) is 10.4. The second-order valence-electron chi connectivity index (χ2n) is 4.91. The van der Waals surface area contributed by atoms with Gasteiger partial charge in [-0.1, -0.05) is 11.6 Å². The zero-order chi connectivity index (χ0) is 16.2. The largest absolute Gasteiger partial charge is 0.362 e. The average Bonchev–Trinajstić information content (AvgIpc) is 3.15. The second kappa shape index (κ2) is 6.50. The molecule has 0 saturated carbocycles. The lowest BCUT2D eigenvalue weighted by atomic mass is 10.1. The number of hydrazone groups is 1. The van der Waals surface area contributed by atoms with Gasteiger partial charge in [-0.3, -0.25) is 9.59 Å². The standard InChI is InChI=1S/C16H13ClN4O2/c17-10-3-5-11(6-4-10)19-15(22)9-14-13(16(23)21-20-14)8-12-2-1-7-18-12/h1-8,18H,9H2,(H,19,22)(H,21,23). The monoisotopic (exact) mass is 328 g/mol. The van der Waals surface area contributed by atoms with E-state index in [-0.39, 0.29) is 18.2 Å². The highest BCUT2D eigenvalue weighted by Gasteiger charge is 2.24. The Morgan fingerprint density at radius 2 is 2.04 bits per heavy atom. The molecule has 1 aliphatic rings. The first-order valence-corrected chi connectivity index (χ1v) is 7.27. The van der Waals surface area contributed by atoms with Gasteiger partial charge in [0.25, 0.3) is 5.91 Å². The molecule has 2 amide bonds. The lowest BCUT2D eigenvalue weighted by Gasteiger charge is -2.05. The Bertz CT molecular complexity index is 792. The Morgan fingerprint density at radius 3 is 2.74 bits per heavy atom. The summed E-state index contributed by atoms with van der Waals surface area (Å²) in [6.45, 7) is 0. The molecule has 1 aromatic heterocycles. The van der Waals surface area contributed by atoms with Crippen molar-refractivity contribution in [2.45, 2.75) is 6.42 Å². The van der Waals surface area contributed by atoms with Crippen LogP contribution in [0.25, 0.3) is 6.08 Å². The van der Waals surface area contributed by atoms with Gasteiger partial charge < -0.3 is 10.3 Å². The molecule has 0 aliphatic carbocycles. The zero-order valence-corrected chi connectivity index (χ0v) is 12.7. The molecule has 0 fully saturated rings. The highest BCUT2D eigenvalue weighted by atomic mass is 35.5. The summed E-state index contributed by atoms with van der Waals surface area (Å²) in [5, 5.41) is 7.26. The van der Waals surface area contributed by atoms with Crippen LogP contribution < -0.4 is 10.7 Å². The van der Waals surface area contributed by atoms with Crippen LogP contribution in [-0.4, -0.2) is 22.5 Å². The van der Waals surface area contributed by atoms with Crippen molar-refractivity contribution in [3.05, 3.63) is 58.9 Å². The number of rotatable bonds is 4. The lowest BCUT2D eigenvalue weighted by molar-refractivity contribution is -0.116. The third-order valence-electron chi connectivity index (χ3n) is 3.23. The lowest BCUT2D eigenvalue weighted by Crippen LogP contribution is -2.18. The van der Waals surface area contributed by atoms with E-state index in [0.717, 1.165) is 5.69 Å². The molecular weight excluding hydrogens is 316 g/mol. The normalized spacial score (nSPS) is 15.4. The van der Waals surface area contributed by atoms with E-state index in [0.29, 0.717) is 22.0 Å².